The summed E-state index contributed by atoms with van der Waals surface area (Å²) >= 11 is 7.35. The lowest BCUT2D eigenvalue weighted by molar-refractivity contribution is -0.135. The molecule has 2 aromatic heterocycles. The third-order valence-corrected chi connectivity index (χ3v) is 6.96. The predicted molar refractivity (Wildman–Crippen MR) is 131 cm³/mol. The van der Waals surface area contributed by atoms with Crippen LogP contribution in [0.4, 0.5) is 4.39 Å². The van der Waals surface area contributed by atoms with Gasteiger partial charge in [-0.2, -0.15) is 9.61 Å². The van der Waals surface area contributed by atoms with E-state index in [0.717, 1.165) is 5.56 Å². The normalized spacial score (nSPS) is 14.4. The van der Waals surface area contributed by atoms with Gasteiger partial charge in [0, 0.05) is 44.4 Å². The van der Waals surface area contributed by atoms with Crippen molar-refractivity contribution >= 4 is 33.8 Å². The van der Waals surface area contributed by atoms with Crippen molar-refractivity contribution in [2.45, 2.75) is 6.54 Å². The number of carbonyl (C=O) groups is 1. The fourth-order valence-corrected chi connectivity index (χ4v) is 4.94. The number of aromatic nitrogens is 3. The first-order valence-corrected chi connectivity index (χ1v) is 12.2. The minimum atomic E-state index is -0.331. The molecule has 35 heavy (non-hydrogen) atoms. The van der Waals surface area contributed by atoms with Gasteiger partial charge in [-0.3, -0.25) is 14.5 Å². The average Bonchev–Trinajstić information content (AvgIpc) is 3.29. The molecule has 5 rings (SSSR count). The Morgan fingerprint density at radius 3 is 2.57 bits per heavy atom. The number of benzene rings is 2. The van der Waals surface area contributed by atoms with Crippen LogP contribution in [0.2, 0.25) is 5.02 Å². The van der Waals surface area contributed by atoms with Crippen LogP contribution in [-0.4, -0.2) is 63.1 Å². The predicted octanol–water partition coefficient (Wildman–Crippen LogP) is 3.33. The molecule has 3 heterocycles. The van der Waals surface area contributed by atoms with E-state index >= 15 is 0 Å². The molecule has 0 saturated carbocycles. The highest BCUT2D eigenvalue weighted by molar-refractivity contribution is 7.19. The lowest BCUT2D eigenvalue weighted by atomic mass is 10.2. The summed E-state index contributed by atoms with van der Waals surface area (Å²) in [6, 6.07) is 14.5. The van der Waals surface area contributed by atoms with Crippen molar-refractivity contribution < 1.29 is 13.9 Å². The van der Waals surface area contributed by atoms with Crippen LogP contribution < -0.4 is 10.3 Å². The Morgan fingerprint density at radius 2 is 1.83 bits per heavy atom. The molecule has 8 nitrogen and oxygen atoms in total. The maximum atomic E-state index is 13.2. The van der Waals surface area contributed by atoms with E-state index in [1.807, 2.05) is 0 Å². The van der Waals surface area contributed by atoms with Gasteiger partial charge in [-0.15, -0.1) is 0 Å². The Labute approximate surface area is 209 Å². The first-order valence-electron chi connectivity index (χ1n) is 11.0. The molecule has 2 aromatic carbocycles. The molecular formula is C24H21ClFN5O3S. The van der Waals surface area contributed by atoms with E-state index in [9.17, 15) is 14.0 Å². The molecule has 0 aliphatic carbocycles. The number of piperazine rings is 1. The Kier molecular flexibility index (Phi) is 6.76. The standard InChI is InChI=1S/C24H21ClFN5O3S/c25-19-3-1-2-4-20(19)34-15-22(33)30-11-9-29(10-12-30)14-18-13-21(32)31-24(27-18)35-23(28-31)16-5-7-17(26)8-6-16/h1-8,13H,9-12,14-15H2. The monoisotopic (exact) mass is 513 g/mol. The Morgan fingerprint density at radius 1 is 1.09 bits per heavy atom. The van der Waals surface area contributed by atoms with Crippen molar-refractivity contribution in [2.24, 2.45) is 0 Å². The minimum absolute atomic E-state index is 0.0690. The number of fused-ring (bicyclic) bond motifs is 1. The summed E-state index contributed by atoms with van der Waals surface area (Å²) in [6.45, 7) is 2.85. The number of halogens is 2. The highest BCUT2D eigenvalue weighted by Gasteiger charge is 2.22. The zero-order valence-corrected chi connectivity index (χ0v) is 20.1. The lowest BCUT2D eigenvalue weighted by Crippen LogP contribution is -2.49. The molecule has 180 valence electrons. The van der Waals surface area contributed by atoms with Crippen LogP contribution in [0.15, 0.2) is 59.4 Å². The summed E-state index contributed by atoms with van der Waals surface area (Å²) in [5.74, 6) is 0.0576. The first kappa shape index (κ1) is 23.4. The average molecular weight is 514 g/mol. The number of para-hydroxylation sites is 1. The molecule has 0 unspecified atom stereocenters. The largest absolute Gasteiger partial charge is 0.482 e. The van der Waals surface area contributed by atoms with Crippen molar-refractivity contribution in [2.75, 3.05) is 32.8 Å². The number of carbonyl (C=O) groups excluding carboxylic acids is 1. The van der Waals surface area contributed by atoms with Crippen LogP contribution in [-0.2, 0) is 11.3 Å². The smallest absolute Gasteiger partial charge is 0.275 e. The van der Waals surface area contributed by atoms with Crippen molar-refractivity contribution in [1.82, 2.24) is 24.4 Å². The highest BCUT2D eigenvalue weighted by Crippen LogP contribution is 2.25. The maximum Gasteiger partial charge on any atom is 0.275 e. The van der Waals surface area contributed by atoms with Crippen molar-refractivity contribution in [3.05, 3.63) is 81.5 Å². The summed E-state index contributed by atoms with van der Waals surface area (Å²) < 4.78 is 20.0. The van der Waals surface area contributed by atoms with Crippen molar-refractivity contribution in [1.29, 1.82) is 0 Å². The number of hydrogen-bond donors (Lipinski definition) is 0. The number of ether oxygens (including phenoxy) is 1. The molecule has 1 aliphatic heterocycles. The van der Waals surface area contributed by atoms with Gasteiger partial charge in [0.15, 0.2) is 6.61 Å². The number of rotatable bonds is 6. The molecule has 0 radical (unpaired) electrons. The fraction of sp³-hybridized carbons (Fsp3) is 0.250. The van der Waals surface area contributed by atoms with Crippen LogP contribution >= 0.6 is 22.9 Å². The van der Waals surface area contributed by atoms with Gasteiger partial charge in [-0.25, -0.2) is 9.37 Å². The summed E-state index contributed by atoms with van der Waals surface area (Å²) in [5, 5.41) is 5.40. The van der Waals surface area contributed by atoms with E-state index in [-0.39, 0.29) is 23.9 Å². The summed E-state index contributed by atoms with van der Waals surface area (Å²) in [5.41, 5.74) is 1.11. The second-order valence-electron chi connectivity index (χ2n) is 8.07. The third-order valence-electron chi connectivity index (χ3n) is 5.69. The van der Waals surface area contributed by atoms with Gasteiger partial charge in [0.05, 0.1) is 10.7 Å². The third kappa shape index (κ3) is 5.34. The van der Waals surface area contributed by atoms with E-state index in [1.165, 1.54) is 34.1 Å². The van der Waals surface area contributed by atoms with Gasteiger partial charge in [-0.1, -0.05) is 35.1 Å². The van der Waals surface area contributed by atoms with Gasteiger partial charge < -0.3 is 9.64 Å². The summed E-state index contributed by atoms with van der Waals surface area (Å²) in [6.07, 6.45) is 0. The second kappa shape index (κ2) is 10.1. The number of hydrogen-bond acceptors (Lipinski definition) is 7. The molecule has 1 aliphatic rings. The van der Waals surface area contributed by atoms with Gasteiger partial charge in [-0.05, 0) is 36.4 Å². The van der Waals surface area contributed by atoms with Gasteiger partial charge in [0.2, 0.25) is 4.96 Å². The SMILES string of the molecule is O=C(COc1ccccc1Cl)N1CCN(Cc2cc(=O)n3nc(-c4ccc(F)cc4)sc3n2)CC1. The van der Waals surface area contributed by atoms with E-state index in [1.54, 1.807) is 41.3 Å². The fourth-order valence-electron chi connectivity index (χ4n) is 3.82. The van der Waals surface area contributed by atoms with Crippen LogP contribution in [0.1, 0.15) is 5.69 Å². The van der Waals surface area contributed by atoms with E-state index < -0.39 is 0 Å². The zero-order chi connectivity index (χ0) is 24.4. The molecule has 0 spiro atoms. The van der Waals surface area contributed by atoms with Gasteiger partial charge >= 0.3 is 0 Å². The molecule has 1 saturated heterocycles. The number of amides is 1. The molecular weight excluding hydrogens is 493 g/mol. The summed E-state index contributed by atoms with van der Waals surface area (Å²) in [4.78, 5) is 34.1. The molecule has 0 atom stereocenters. The second-order valence-corrected chi connectivity index (χ2v) is 9.43. The zero-order valence-electron chi connectivity index (χ0n) is 18.6. The van der Waals surface area contributed by atoms with Gasteiger partial charge in [0.1, 0.15) is 16.6 Å². The number of nitrogens with zero attached hydrogens (tertiary/aromatic N) is 5. The van der Waals surface area contributed by atoms with Crippen LogP contribution in [0.3, 0.4) is 0 Å². The van der Waals surface area contributed by atoms with E-state index in [4.69, 9.17) is 16.3 Å². The molecule has 4 aromatic rings. The van der Waals surface area contributed by atoms with Crippen LogP contribution in [0, 0.1) is 5.82 Å². The van der Waals surface area contributed by atoms with Gasteiger partial charge in [0.25, 0.3) is 11.5 Å². The van der Waals surface area contributed by atoms with Crippen LogP contribution in [0.25, 0.3) is 15.5 Å². The lowest BCUT2D eigenvalue weighted by Gasteiger charge is -2.34. The Hall–Kier alpha value is -3.34. The molecule has 1 fully saturated rings. The van der Waals surface area contributed by atoms with Crippen LogP contribution in [0.5, 0.6) is 5.75 Å². The molecule has 0 N–H and O–H groups in total. The minimum Gasteiger partial charge on any atom is -0.482 e. The van der Waals surface area contributed by atoms with E-state index in [2.05, 4.69) is 15.0 Å². The highest BCUT2D eigenvalue weighted by atomic mass is 35.5. The first-order chi connectivity index (χ1) is 17.0. The van der Waals surface area contributed by atoms with Crippen molar-refractivity contribution in [3.8, 4) is 16.3 Å². The molecule has 1 amide bonds. The quantitative estimate of drug-likeness (QED) is 0.393. The molecule has 11 heteroatoms. The molecule has 0 bridgehead atoms. The summed E-state index contributed by atoms with van der Waals surface area (Å²) in [7, 11) is 0. The Balaban J connectivity index is 1.19. The topological polar surface area (TPSA) is 80.0 Å². The van der Waals surface area contributed by atoms with E-state index in [0.29, 0.717) is 59.2 Å². The Bertz CT molecular complexity index is 1420. The maximum absolute atomic E-state index is 13.2. The van der Waals surface area contributed by atoms with Crippen molar-refractivity contribution in [3.63, 3.8) is 0 Å².